The third-order valence-corrected chi connectivity index (χ3v) is 19.5. The van der Waals surface area contributed by atoms with Gasteiger partial charge < -0.3 is 65.1 Å². The number of ether oxygens (including phenoxy) is 4. The predicted molar refractivity (Wildman–Crippen MR) is 388 cm³/mol. The number of aliphatic hydroxyl groups excluding tert-OH is 8. The maximum Gasteiger partial charge on any atom is 0.220 e. The van der Waals surface area contributed by atoms with Crippen molar-refractivity contribution in [2.45, 2.75) is 434 Å². The molecule has 14 heteroatoms. The van der Waals surface area contributed by atoms with Crippen LogP contribution in [0.25, 0.3) is 0 Å². The molecule has 2 aliphatic heterocycles. The molecule has 14 nitrogen and oxygen atoms in total. The topological polar surface area (TPSA) is 228 Å². The molecule has 0 saturated carbocycles. The molecule has 94 heavy (non-hydrogen) atoms. The first kappa shape index (κ1) is 88.0. The molecule has 0 spiro atoms. The molecular weight excluding hydrogens is 1180 g/mol. The minimum Gasteiger partial charge on any atom is -0.394 e. The fraction of sp³-hybridized carbons (Fsp3) is 0.887. The van der Waals surface area contributed by atoms with Crippen molar-refractivity contribution in [3.63, 3.8) is 0 Å². The second-order valence-corrected chi connectivity index (χ2v) is 28.2. The minimum atomic E-state index is -1.79. The van der Waals surface area contributed by atoms with Gasteiger partial charge in [0.05, 0.1) is 32.0 Å². The predicted octanol–water partition coefficient (Wildman–Crippen LogP) is 17.8. The molecule has 552 valence electrons. The Morgan fingerprint density at radius 3 is 1.04 bits per heavy atom. The van der Waals surface area contributed by atoms with Crippen molar-refractivity contribution in [3.8, 4) is 0 Å². The summed E-state index contributed by atoms with van der Waals surface area (Å²) >= 11 is 0. The van der Waals surface area contributed by atoms with E-state index in [1.165, 1.54) is 283 Å². The number of unbranched alkanes of at least 4 members (excludes halogenated alkanes) is 48. The van der Waals surface area contributed by atoms with Crippen molar-refractivity contribution in [1.29, 1.82) is 0 Å². The van der Waals surface area contributed by atoms with Crippen molar-refractivity contribution in [2.24, 2.45) is 0 Å². The van der Waals surface area contributed by atoms with E-state index < -0.39 is 86.8 Å². The van der Waals surface area contributed by atoms with Crippen LogP contribution >= 0.6 is 0 Å². The lowest BCUT2D eigenvalue weighted by Gasteiger charge is -2.46. The monoisotopic (exact) mass is 1330 g/mol. The van der Waals surface area contributed by atoms with Gasteiger partial charge in [0.1, 0.15) is 48.8 Å². The number of allylic oxidation sites excluding steroid dienone is 7. The molecule has 2 rings (SSSR count). The van der Waals surface area contributed by atoms with Crippen LogP contribution in [-0.4, -0.2) is 140 Å². The maximum atomic E-state index is 13.4. The number of rotatable bonds is 67. The summed E-state index contributed by atoms with van der Waals surface area (Å²) in [6.07, 6.45) is 69.3. The zero-order chi connectivity index (χ0) is 68.0. The highest BCUT2D eigenvalue weighted by Crippen LogP contribution is 2.30. The fourth-order valence-electron chi connectivity index (χ4n) is 13.1. The summed E-state index contributed by atoms with van der Waals surface area (Å²) in [5, 5.41) is 87.5. The number of hydrogen-bond acceptors (Lipinski definition) is 13. The molecule has 9 N–H and O–H groups in total. The van der Waals surface area contributed by atoms with Crippen LogP contribution in [0.3, 0.4) is 0 Å². The molecule has 0 aromatic carbocycles. The average Bonchev–Trinajstić information content (AvgIpc) is 0.794. The zero-order valence-electron chi connectivity index (χ0n) is 60.5. The van der Waals surface area contributed by atoms with Crippen LogP contribution in [-0.2, 0) is 23.7 Å². The van der Waals surface area contributed by atoms with E-state index >= 15 is 0 Å². The normalized spacial score (nSPS) is 22.7. The Morgan fingerprint density at radius 1 is 0.372 bits per heavy atom. The highest BCUT2D eigenvalue weighted by molar-refractivity contribution is 5.76. The van der Waals surface area contributed by atoms with Crippen LogP contribution in [0.4, 0.5) is 0 Å². The van der Waals surface area contributed by atoms with E-state index in [0.717, 1.165) is 44.9 Å². The Labute approximate surface area is 575 Å². The second-order valence-electron chi connectivity index (χ2n) is 28.2. The van der Waals surface area contributed by atoms with Crippen molar-refractivity contribution in [2.75, 3.05) is 19.8 Å². The van der Waals surface area contributed by atoms with E-state index in [0.29, 0.717) is 12.8 Å². The fourth-order valence-corrected chi connectivity index (χ4v) is 13.1. The van der Waals surface area contributed by atoms with Crippen molar-refractivity contribution in [1.82, 2.24) is 5.32 Å². The molecule has 0 aromatic heterocycles. The molecule has 0 radical (unpaired) electrons. The third-order valence-electron chi connectivity index (χ3n) is 19.5. The lowest BCUT2D eigenvalue weighted by molar-refractivity contribution is -0.359. The summed E-state index contributed by atoms with van der Waals surface area (Å²) in [5.41, 5.74) is 0. The smallest absolute Gasteiger partial charge is 0.220 e. The largest absolute Gasteiger partial charge is 0.394 e. The third kappa shape index (κ3) is 47.1. The number of hydrogen-bond donors (Lipinski definition) is 9. The first-order chi connectivity index (χ1) is 46.1. The maximum absolute atomic E-state index is 13.4. The number of nitrogens with one attached hydrogen (secondary N) is 1. The van der Waals surface area contributed by atoms with E-state index in [4.69, 9.17) is 18.9 Å². The van der Waals surface area contributed by atoms with Gasteiger partial charge in [-0.15, -0.1) is 0 Å². The van der Waals surface area contributed by atoms with Gasteiger partial charge in [0, 0.05) is 6.42 Å². The van der Waals surface area contributed by atoms with E-state index in [1.54, 1.807) is 6.08 Å². The van der Waals surface area contributed by atoms with Crippen LogP contribution in [0.15, 0.2) is 48.6 Å². The molecule has 0 aliphatic carbocycles. The molecule has 12 atom stereocenters. The van der Waals surface area contributed by atoms with Gasteiger partial charge >= 0.3 is 0 Å². The quantitative estimate of drug-likeness (QED) is 0.0204. The van der Waals surface area contributed by atoms with Gasteiger partial charge in [-0.2, -0.15) is 0 Å². The van der Waals surface area contributed by atoms with Crippen LogP contribution < -0.4 is 5.32 Å². The van der Waals surface area contributed by atoms with E-state index in [1.807, 2.05) is 6.08 Å². The van der Waals surface area contributed by atoms with Gasteiger partial charge in [-0.1, -0.05) is 332 Å². The van der Waals surface area contributed by atoms with Crippen LogP contribution in [0, 0.1) is 0 Å². The lowest BCUT2D eigenvalue weighted by atomic mass is 9.97. The van der Waals surface area contributed by atoms with Gasteiger partial charge in [-0.25, -0.2) is 0 Å². The second kappa shape index (κ2) is 64.3. The van der Waals surface area contributed by atoms with Crippen LogP contribution in [0.5, 0.6) is 0 Å². The van der Waals surface area contributed by atoms with Crippen molar-refractivity contribution in [3.05, 3.63) is 48.6 Å². The van der Waals surface area contributed by atoms with E-state index in [-0.39, 0.29) is 18.9 Å². The lowest BCUT2D eigenvalue weighted by Crippen LogP contribution is -2.65. The highest BCUT2D eigenvalue weighted by atomic mass is 16.7. The Bertz CT molecular complexity index is 1760. The van der Waals surface area contributed by atoms with Crippen LogP contribution in [0.1, 0.15) is 361 Å². The van der Waals surface area contributed by atoms with Crippen LogP contribution in [0.2, 0.25) is 0 Å². The summed E-state index contributed by atoms with van der Waals surface area (Å²) in [6, 6.07) is -0.938. The van der Waals surface area contributed by atoms with E-state index in [2.05, 4.69) is 55.6 Å². The summed E-state index contributed by atoms with van der Waals surface area (Å²) in [6.45, 7) is 2.82. The van der Waals surface area contributed by atoms with Gasteiger partial charge in [0.2, 0.25) is 5.91 Å². The minimum absolute atomic E-state index is 0.247. The molecule has 2 heterocycles. The Morgan fingerprint density at radius 2 is 0.681 bits per heavy atom. The SMILES string of the molecule is CCCCCCCCCC/C=C\CCCCCCCCCCCCCCCCCCCCCCCCCCCCCC(=O)NC(COC1OC(CO)C(OC2OC(CO)C(O)C(O)C2O)C(O)C1O)C(O)/C=C/CC/C=C/CC/C=C/CCCCCCCCCCCCC. The highest BCUT2D eigenvalue weighted by Gasteiger charge is 2.51. The standard InChI is InChI=1S/C80H149NO13/c1-3-5-7-9-11-13-15-17-19-21-23-25-26-27-28-29-30-31-32-33-34-35-36-37-38-39-40-41-42-44-46-48-50-52-54-56-58-60-62-64-72(85)81-68(69(84)63-61-59-57-55-53-51-49-47-45-43-24-22-20-18-16-14-12-10-8-6-4-2)67-91-79-77(90)75(88)78(71(66-83)93-79)94-80-76(89)74(87)73(86)70(65-82)92-80/h21,23,45,47,53,55,61,63,68-71,73-80,82-84,86-90H,3-20,22,24-44,46,48-52,54,56-60,62,64-67H2,1-2H3,(H,81,85)/b23-21-,47-45+,55-53+,63-61+. The zero-order valence-corrected chi connectivity index (χ0v) is 60.5. The van der Waals surface area contributed by atoms with Gasteiger partial charge in [0.15, 0.2) is 12.6 Å². The number of amides is 1. The van der Waals surface area contributed by atoms with Gasteiger partial charge in [0.25, 0.3) is 0 Å². The Kier molecular flexibility index (Phi) is 60.3. The molecule has 12 unspecified atom stereocenters. The molecule has 2 aliphatic rings. The first-order valence-corrected chi connectivity index (χ1v) is 39.9. The molecule has 0 aromatic rings. The number of aliphatic hydroxyl groups is 8. The van der Waals surface area contributed by atoms with Crippen molar-refractivity contribution >= 4 is 5.91 Å². The molecular formula is C80H149NO13. The number of carbonyl (C=O) groups excluding carboxylic acids is 1. The number of carbonyl (C=O) groups is 1. The van der Waals surface area contributed by atoms with E-state index in [9.17, 15) is 45.6 Å². The summed E-state index contributed by atoms with van der Waals surface area (Å²) in [5.74, 6) is -0.247. The first-order valence-electron chi connectivity index (χ1n) is 39.9. The molecule has 0 bridgehead atoms. The summed E-state index contributed by atoms with van der Waals surface area (Å²) in [4.78, 5) is 13.4. The Hall–Kier alpha value is -2.05. The van der Waals surface area contributed by atoms with Crippen molar-refractivity contribution < 1.29 is 64.6 Å². The molecule has 2 saturated heterocycles. The summed E-state index contributed by atoms with van der Waals surface area (Å²) < 4.78 is 22.9. The summed E-state index contributed by atoms with van der Waals surface area (Å²) in [7, 11) is 0. The van der Waals surface area contributed by atoms with Gasteiger partial charge in [-0.3, -0.25) is 4.79 Å². The Balaban J connectivity index is 1.58. The molecule has 2 fully saturated rings. The van der Waals surface area contributed by atoms with Gasteiger partial charge in [-0.05, 0) is 70.6 Å². The molecule has 1 amide bonds. The average molecular weight is 1330 g/mol.